The first kappa shape index (κ1) is 19.4. The van der Waals surface area contributed by atoms with Crippen LogP contribution in [0.4, 0.5) is 0 Å². The van der Waals surface area contributed by atoms with Crippen LogP contribution in [0.2, 0.25) is 0 Å². The van der Waals surface area contributed by atoms with Crippen LogP contribution >= 0.6 is 0 Å². The fourth-order valence-corrected chi connectivity index (χ4v) is 2.94. The Morgan fingerprint density at radius 3 is 1.96 bits per heavy atom. The number of hydrogen-bond acceptors (Lipinski definition) is 3. The molecule has 28 heavy (non-hydrogen) atoms. The zero-order valence-corrected chi connectivity index (χ0v) is 16.0. The molecule has 0 aliphatic rings. The van der Waals surface area contributed by atoms with Gasteiger partial charge in [0.2, 0.25) is 0 Å². The summed E-state index contributed by atoms with van der Waals surface area (Å²) in [6.45, 7) is 2.25. The average Bonchev–Trinajstić information content (AvgIpc) is 2.74. The van der Waals surface area contributed by atoms with Crippen LogP contribution in [0.1, 0.15) is 28.4 Å². The van der Waals surface area contributed by atoms with Crippen LogP contribution in [0.5, 0.6) is 5.75 Å². The lowest BCUT2D eigenvalue weighted by atomic mass is 10.0. The summed E-state index contributed by atoms with van der Waals surface area (Å²) in [5.41, 5.74) is 2.29. The molecule has 1 atom stereocenters. The number of rotatable bonds is 7. The van der Waals surface area contributed by atoms with Crippen LogP contribution in [0, 0.1) is 0 Å². The van der Waals surface area contributed by atoms with E-state index in [1.807, 2.05) is 48.5 Å². The molecular formula is C24H23NO3. The van der Waals surface area contributed by atoms with Gasteiger partial charge in [-0.05, 0) is 36.8 Å². The second-order valence-corrected chi connectivity index (χ2v) is 6.66. The van der Waals surface area contributed by atoms with Crippen LogP contribution in [-0.4, -0.2) is 29.7 Å². The summed E-state index contributed by atoms with van der Waals surface area (Å²) in [4.78, 5) is 26.7. The van der Waals surface area contributed by atoms with Gasteiger partial charge in [-0.3, -0.25) is 9.59 Å². The maximum Gasteiger partial charge on any atom is 0.263 e. The van der Waals surface area contributed by atoms with Gasteiger partial charge in [-0.15, -0.1) is 0 Å². The van der Waals surface area contributed by atoms with Crippen molar-refractivity contribution in [2.24, 2.45) is 0 Å². The molecular weight excluding hydrogens is 350 g/mol. The Balaban J connectivity index is 1.60. The van der Waals surface area contributed by atoms with Crippen molar-refractivity contribution in [2.75, 3.05) is 7.05 Å². The van der Waals surface area contributed by atoms with E-state index in [0.717, 1.165) is 5.56 Å². The first-order valence-electron chi connectivity index (χ1n) is 9.20. The molecule has 0 aromatic heterocycles. The molecule has 0 unspecified atom stereocenters. The summed E-state index contributed by atoms with van der Waals surface area (Å²) in [5.74, 6) is 0.408. The highest BCUT2D eigenvalue weighted by molar-refractivity contribution is 6.08. The number of amides is 1. The van der Waals surface area contributed by atoms with Crippen molar-refractivity contribution in [1.82, 2.24) is 4.90 Å². The molecule has 1 amide bonds. The van der Waals surface area contributed by atoms with E-state index < -0.39 is 6.10 Å². The van der Waals surface area contributed by atoms with Gasteiger partial charge in [0.1, 0.15) is 5.75 Å². The lowest BCUT2D eigenvalue weighted by Crippen LogP contribution is -2.37. The van der Waals surface area contributed by atoms with Gasteiger partial charge in [0, 0.05) is 24.7 Å². The third kappa shape index (κ3) is 4.86. The minimum atomic E-state index is -0.621. The molecule has 0 N–H and O–H groups in total. The molecule has 0 saturated heterocycles. The van der Waals surface area contributed by atoms with E-state index in [0.29, 0.717) is 23.4 Å². The number of ether oxygens (including phenoxy) is 1. The highest BCUT2D eigenvalue weighted by Crippen LogP contribution is 2.17. The van der Waals surface area contributed by atoms with E-state index in [2.05, 4.69) is 0 Å². The number of likely N-dealkylation sites (N-methyl/N-ethyl adjacent to an activating group) is 1. The average molecular weight is 373 g/mol. The van der Waals surface area contributed by atoms with Crippen molar-refractivity contribution < 1.29 is 14.3 Å². The number of carbonyl (C=O) groups excluding carboxylic acids is 2. The summed E-state index contributed by atoms with van der Waals surface area (Å²) >= 11 is 0. The van der Waals surface area contributed by atoms with Crippen molar-refractivity contribution in [2.45, 2.75) is 19.6 Å². The third-order valence-electron chi connectivity index (χ3n) is 4.45. The molecule has 3 aromatic carbocycles. The topological polar surface area (TPSA) is 46.6 Å². The molecule has 0 spiro atoms. The van der Waals surface area contributed by atoms with Gasteiger partial charge in [-0.2, -0.15) is 0 Å². The molecule has 0 fully saturated rings. The van der Waals surface area contributed by atoms with Crippen LogP contribution in [0.25, 0.3) is 0 Å². The third-order valence-corrected chi connectivity index (χ3v) is 4.45. The summed E-state index contributed by atoms with van der Waals surface area (Å²) < 4.78 is 5.77. The number of nitrogens with zero attached hydrogens (tertiary/aromatic N) is 1. The summed E-state index contributed by atoms with van der Waals surface area (Å²) in [5, 5.41) is 0. The number of ketones is 1. The largest absolute Gasteiger partial charge is 0.481 e. The van der Waals surface area contributed by atoms with Crippen molar-refractivity contribution in [3.8, 4) is 5.75 Å². The Morgan fingerprint density at radius 1 is 0.821 bits per heavy atom. The van der Waals surface area contributed by atoms with E-state index in [4.69, 9.17) is 4.74 Å². The van der Waals surface area contributed by atoms with Crippen molar-refractivity contribution in [1.29, 1.82) is 0 Å². The maximum atomic E-state index is 12.6. The van der Waals surface area contributed by atoms with Gasteiger partial charge < -0.3 is 9.64 Å². The standard InChI is InChI=1S/C24H23NO3/c1-18(24(27)25(2)17-19-9-5-3-6-10-19)28-22-15-13-21(14-16-22)23(26)20-11-7-4-8-12-20/h3-16,18H,17H2,1-2H3/t18-/m1/s1. The quantitative estimate of drug-likeness (QED) is 0.579. The van der Waals surface area contributed by atoms with Crippen molar-refractivity contribution >= 4 is 11.7 Å². The van der Waals surface area contributed by atoms with E-state index in [-0.39, 0.29) is 11.7 Å². The summed E-state index contributed by atoms with van der Waals surface area (Å²) in [6.07, 6.45) is -0.621. The second-order valence-electron chi connectivity index (χ2n) is 6.66. The first-order valence-corrected chi connectivity index (χ1v) is 9.20. The predicted molar refractivity (Wildman–Crippen MR) is 109 cm³/mol. The molecule has 3 aromatic rings. The first-order chi connectivity index (χ1) is 13.5. The fourth-order valence-electron chi connectivity index (χ4n) is 2.94. The van der Waals surface area contributed by atoms with E-state index >= 15 is 0 Å². The molecule has 4 heteroatoms. The number of benzene rings is 3. The predicted octanol–water partition coefficient (Wildman–Crippen LogP) is 4.34. The van der Waals surface area contributed by atoms with E-state index in [1.54, 1.807) is 55.3 Å². The lowest BCUT2D eigenvalue weighted by Gasteiger charge is -2.22. The van der Waals surface area contributed by atoms with Crippen LogP contribution < -0.4 is 4.74 Å². The van der Waals surface area contributed by atoms with Crippen molar-refractivity contribution in [3.05, 3.63) is 102 Å². The Labute approximate surface area is 165 Å². The van der Waals surface area contributed by atoms with Crippen LogP contribution in [-0.2, 0) is 11.3 Å². The monoisotopic (exact) mass is 373 g/mol. The Kier molecular flexibility index (Phi) is 6.22. The minimum Gasteiger partial charge on any atom is -0.481 e. The minimum absolute atomic E-state index is 0.0427. The number of carbonyl (C=O) groups is 2. The second kappa shape index (κ2) is 9.00. The molecule has 142 valence electrons. The van der Waals surface area contributed by atoms with Gasteiger partial charge in [-0.1, -0.05) is 60.7 Å². The zero-order valence-electron chi connectivity index (χ0n) is 16.0. The molecule has 0 aliphatic carbocycles. The fraction of sp³-hybridized carbons (Fsp3) is 0.167. The highest BCUT2D eigenvalue weighted by Gasteiger charge is 2.19. The van der Waals surface area contributed by atoms with Crippen LogP contribution in [0.15, 0.2) is 84.9 Å². The molecule has 0 aliphatic heterocycles. The van der Waals surface area contributed by atoms with E-state index in [1.165, 1.54) is 0 Å². The van der Waals surface area contributed by atoms with Gasteiger partial charge in [-0.25, -0.2) is 0 Å². The number of hydrogen-bond donors (Lipinski definition) is 0. The van der Waals surface area contributed by atoms with Crippen molar-refractivity contribution in [3.63, 3.8) is 0 Å². The van der Waals surface area contributed by atoms with Gasteiger partial charge in [0.15, 0.2) is 11.9 Å². The normalized spacial score (nSPS) is 11.5. The zero-order chi connectivity index (χ0) is 19.9. The Morgan fingerprint density at radius 2 is 1.36 bits per heavy atom. The summed E-state index contributed by atoms with van der Waals surface area (Å²) in [7, 11) is 1.76. The Hall–Kier alpha value is -3.40. The van der Waals surface area contributed by atoms with Crippen LogP contribution in [0.3, 0.4) is 0 Å². The maximum absolute atomic E-state index is 12.6. The van der Waals surface area contributed by atoms with E-state index in [9.17, 15) is 9.59 Å². The molecule has 0 saturated carbocycles. The highest BCUT2D eigenvalue weighted by atomic mass is 16.5. The van der Waals surface area contributed by atoms with Gasteiger partial charge in [0.05, 0.1) is 0 Å². The molecule has 0 heterocycles. The molecule has 4 nitrogen and oxygen atoms in total. The smallest absolute Gasteiger partial charge is 0.263 e. The Bertz CT molecular complexity index is 921. The molecule has 0 bridgehead atoms. The molecule has 3 rings (SSSR count). The lowest BCUT2D eigenvalue weighted by molar-refractivity contribution is -0.137. The van der Waals surface area contributed by atoms with Gasteiger partial charge in [0.25, 0.3) is 5.91 Å². The SMILES string of the molecule is C[C@@H](Oc1ccc(C(=O)c2ccccc2)cc1)C(=O)N(C)Cc1ccccc1. The van der Waals surface area contributed by atoms with Gasteiger partial charge >= 0.3 is 0 Å². The molecule has 0 radical (unpaired) electrons. The summed E-state index contributed by atoms with van der Waals surface area (Å²) in [6, 6.07) is 25.8.